The van der Waals surface area contributed by atoms with E-state index in [4.69, 9.17) is 37.9 Å². The van der Waals surface area contributed by atoms with Gasteiger partial charge in [-0.2, -0.15) is 0 Å². The second kappa shape index (κ2) is 21.8. The van der Waals surface area contributed by atoms with Gasteiger partial charge in [0.25, 0.3) is 0 Å². The molecule has 0 amide bonds. The molecule has 0 radical (unpaired) electrons. The highest BCUT2D eigenvalue weighted by Crippen LogP contribution is 2.76. The van der Waals surface area contributed by atoms with E-state index in [9.17, 15) is 71.5 Å². The van der Waals surface area contributed by atoms with Crippen molar-refractivity contribution in [3.8, 4) is 0 Å². The fraction of sp³-hybridized carbons (Fsp3) is 0.944. The van der Waals surface area contributed by atoms with Crippen molar-refractivity contribution < 1.29 is 114 Å². The third-order valence-corrected chi connectivity index (χ3v) is 21.4. The summed E-state index contributed by atoms with van der Waals surface area (Å²) in [5.41, 5.74) is -1.40. The maximum atomic E-state index is 15.3. The van der Waals surface area contributed by atoms with Crippen molar-refractivity contribution in [3.63, 3.8) is 0 Å². The van der Waals surface area contributed by atoms with Crippen molar-refractivity contribution in [2.75, 3.05) is 26.4 Å². The Morgan fingerprint density at radius 1 is 0.519 bits per heavy atom. The molecule has 0 aromatic carbocycles. The summed E-state index contributed by atoms with van der Waals surface area (Å²) in [5.74, 6) is -0.600. The molecule has 9 rings (SSSR count). The molecule has 4 saturated heterocycles. The predicted octanol–water partition coefficient (Wildman–Crippen LogP) is -2.04. The number of hydrogen-bond acceptors (Lipinski definition) is 23. The molecule has 0 aromatic heterocycles. The molecule has 442 valence electrons. The number of esters is 1. The second-order valence-corrected chi connectivity index (χ2v) is 26.3. The molecule has 14 N–H and O–H groups in total. The number of fused-ring (bicyclic) bond motifs is 7. The molecule has 4 saturated carbocycles. The summed E-state index contributed by atoms with van der Waals surface area (Å²) in [7, 11) is 0. The van der Waals surface area contributed by atoms with Gasteiger partial charge < -0.3 is 109 Å². The first-order valence-corrected chi connectivity index (χ1v) is 27.8. The lowest BCUT2D eigenvalue weighted by atomic mass is 9.33. The Balaban J connectivity index is 0.965. The summed E-state index contributed by atoms with van der Waals surface area (Å²) in [6.07, 6.45) is -24.3. The van der Waals surface area contributed by atoms with Crippen LogP contribution in [0.4, 0.5) is 0 Å². The van der Waals surface area contributed by atoms with Gasteiger partial charge in [-0.1, -0.05) is 60.1 Å². The average molecular weight is 1110 g/mol. The van der Waals surface area contributed by atoms with Gasteiger partial charge in [0, 0.05) is 0 Å². The maximum Gasteiger partial charge on any atom is 0.315 e. The minimum Gasteiger partial charge on any atom is -0.432 e. The van der Waals surface area contributed by atoms with E-state index in [-0.39, 0.29) is 39.4 Å². The Morgan fingerprint density at radius 3 is 1.51 bits per heavy atom. The van der Waals surface area contributed by atoms with E-state index < -0.39 is 172 Å². The summed E-state index contributed by atoms with van der Waals surface area (Å²) < 4.78 is 48.4. The van der Waals surface area contributed by atoms with Gasteiger partial charge in [0.1, 0.15) is 91.6 Å². The van der Waals surface area contributed by atoms with Crippen LogP contribution >= 0.6 is 0 Å². The largest absolute Gasteiger partial charge is 0.432 e. The minimum atomic E-state index is -1.88. The zero-order valence-corrected chi connectivity index (χ0v) is 45.3. The SMILES string of the molecule is CC1(C)CC[C@]2(C(=O)O[C@H]3O[C@H](CO)[C@@H](O)[C@H](O)[C@@H]3O[C@H]3O[C@H](CO)[C@@H](O)[C@H](O)[C@@H]3O)CC[C@]3(C)C(=CC[C@@H]4[C@@]5(C)CC[C@H](O[C@H]6O[C@H](CO)[C@@H](O)[C@H](O)[C@@H]6O[C@H]6O[C@H](CO)[C@@H](O)[C@H](O)[C@@H]6O)C(C)(C)[C@@H]5CC[C@]43C)[C@@H]2C1. The van der Waals surface area contributed by atoms with Gasteiger partial charge in [-0.05, 0) is 109 Å². The lowest BCUT2D eigenvalue weighted by Gasteiger charge is -2.71. The van der Waals surface area contributed by atoms with Gasteiger partial charge in [-0.3, -0.25) is 4.79 Å². The molecule has 9 aliphatic rings. The van der Waals surface area contributed by atoms with Crippen LogP contribution in [0, 0.1) is 50.2 Å². The van der Waals surface area contributed by atoms with Crippen LogP contribution in [0.1, 0.15) is 113 Å². The first kappa shape index (κ1) is 60.0. The summed E-state index contributed by atoms with van der Waals surface area (Å²) in [6, 6.07) is 0. The fourth-order valence-electron chi connectivity index (χ4n) is 16.5. The fourth-order valence-corrected chi connectivity index (χ4v) is 16.5. The summed E-state index contributed by atoms with van der Waals surface area (Å²) in [4.78, 5) is 15.3. The summed E-state index contributed by atoms with van der Waals surface area (Å²) in [5, 5.41) is 149. The smallest absolute Gasteiger partial charge is 0.315 e. The van der Waals surface area contributed by atoms with Gasteiger partial charge in [-0.15, -0.1) is 0 Å². The Morgan fingerprint density at radius 2 is 0.987 bits per heavy atom. The van der Waals surface area contributed by atoms with Gasteiger partial charge in [0.2, 0.25) is 6.29 Å². The molecule has 8 fully saturated rings. The second-order valence-electron chi connectivity index (χ2n) is 26.3. The molecule has 77 heavy (non-hydrogen) atoms. The topological polar surface area (TPSA) is 374 Å². The van der Waals surface area contributed by atoms with Crippen molar-refractivity contribution in [2.24, 2.45) is 50.2 Å². The van der Waals surface area contributed by atoms with Crippen LogP contribution < -0.4 is 0 Å². The number of ether oxygens (including phenoxy) is 8. The standard InChI is InChI=1S/C54H88O23/c1-49(2)14-16-54(48(69)77-47-43(39(66)35(62)28(22-58)73-47)76-45-41(68)37(64)33(60)26(20-56)71-45)17-15-52(6)23(24(54)18-49)8-9-30-51(5)12-11-31(50(3,4)29(51)10-13-53(30,52)7)74-46-42(38(65)34(61)27(21-57)72-46)75-44-40(67)36(63)32(59)25(19-55)70-44/h8,24-47,55-68H,9-22H2,1-7H3/t24-,25+,26+,27+,28+,29-,30+,31-,32+,33+,34+,35+,36-,37-,38-,39-,40-,41-,42-,43-,44+,45+,46+,47+,51-,52+,53+,54-/m0/s1. The lowest BCUT2D eigenvalue weighted by molar-refractivity contribution is -0.378. The number of carbonyl (C=O) groups excluding carboxylic acids is 1. The lowest BCUT2D eigenvalue weighted by Crippen LogP contribution is -2.67. The van der Waals surface area contributed by atoms with Gasteiger partial charge in [-0.25, -0.2) is 0 Å². The van der Waals surface area contributed by atoms with E-state index in [1.54, 1.807) is 0 Å². The van der Waals surface area contributed by atoms with E-state index in [0.29, 0.717) is 38.5 Å². The quantitative estimate of drug-likeness (QED) is 0.0569. The maximum absolute atomic E-state index is 15.3. The third-order valence-electron chi connectivity index (χ3n) is 21.4. The molecule has 23 nitrogen and oxygen atoms in total. The first-order chi connectivity index (χ1) is 36.1. The molecule has 0 spiro atoms. The predicted molar refractivity (Wildman–Crippen MR) is 263 cm³/mol. The Labute approximate surface area is 449 Å². The number of hydrogen-bond donors (Lipinski definition) is 14. The molecular weight excluding hydrogens is 1020 g/mol. The minimum absolute atomic E-state index is 0.0967. The number of aliphatic hydroxyl groups is 14. The van der Waals surface area contributed by atoms with E-state index in [0.717, 1.165) is 25.7 Å². The monoisotopic (exact) mass is 1100 g/mol. The molecule has 0 aromatic rings. The number of rotatable bonds is 12. The van der Waals surface area contributed by atoms with Crippen LogP contribution in [0.15, 0.2) is 11.6 Å². The van der Waals surface area contributed by atoms with Gasteiger partial charge in [0.05, 0.1) is 37.9 Å². The highest BCUT2D eigenvalue weighted by molar-refractivity contribution is 5.79. The normalized spacial score (nSPS) is 53.4. The van der Waals surface area contributed by atoms with Crippen LogP contribution in [0.2, 0.25) is 0 Å². The van der Waals surface area contributed by atoms with Gasteiger partial charge in [0.15, 0.2) is 25.0 Å². The van der Waals surface area contributed by atoms with Crippen LogP contribution in [0.5, 0.6) is 0 Å². The van der Waals surface area contributed by atoms with E-state index in [1.165, 1.54) is 5.57 Å². The van der Waals surface area contributed by atoms with E-state index in [2.05, 4.69) is 54.5 Å². The molecule has 5 aliphatic carbocycles. The zero-order chi connectivity index (χ0) is 56.3. The Bertz CT molecular complexity index is 2110. The summed E-state index contributed by atoms with van der Waals surface area (Å²) >= 11 is 0. The number of carbonyl (C=O) groups is 1. The first-order valence-electron chi connectivity index (χ1n) is 27.8. The third kappa shape index (κ3) is 9.80. The van der Waals surface area contributed by atoms with Crippen molar-refractivity contribution in [1.82, 2.24) is 0 Å². The van der Waals surface area contributed by atoms with Crippen molar-refractivity contribution in [2.45, 2.75) is 242 Å². The molecule has 0 bridgehead atoms. The average Bonchev–Trinajstić information content (AvgIpc) is 3.53. The van der Waals surface area contributed by atoms with Crippen LogP contribution in [-0.4, -0.2) is 233 Å². The number of aliphatic hydroxyl groups excluding tert-OH is 14. The van der Waals surface area contributed by atoms with E-state index >= 15 is 4.79 Å². The highest BCUT2D eigenvalue weighted by Gasteiger charge is 2.70. The zero-order valence-electron chi connectivity index (χ0n) is 45.3. The molecule has 4 heterocycles. The van der Waals surface area contributed by atoms with Crippen molar-refractivity contribution >= 4 is 5.97 Å². The van der Waals surface area contributed by atoms with Crippen molar-refractivity contribution in [3.05, 3.63) is 11.6 Å². The van der Waals surface area contributed by atoms with Crippen molar-refractivity contribution in [1.29, 1.82) is 0 Å². The van der Waals surface area contributed by atoms with Crippen LogP contribution in [0.25, 0.3) is 0 Å². The Kier molecular flexibility index (Phi) is 17.0. The molecule has 28 atom stereocenters. The molecule has 0 unspecified atom stereocenters. The van der Waals surface area contributed by atoms with Crippen LogP contribution in [0.3, 0.4) is 0 Å². The Hall–Kier alpha value is -1.63. The van der Waals surface area contributed by atoms with E-state index in [1.807, 2.05) is 0 Å². The number of allylic oxidation sites excluding steroid dienone is 2. The summed E-state index contributed by atoms with van der Waals surface area (Å²) in [6.45, 7) is 12.9. The van der Waals surface area contributed by atoms with Crippen LogP contribution in [-0.2, 0) is 42.7 Å². The molecular formula is C54H88O23. The molecule has 23 heteroatoms. The van der Waals surface area contributed by atoms with Gasteiger partial charge >= 0.3 is 5.97 Å². The molecule has 4 aliphatic heterocycles. The highest BCUT2D eigenvalue weighted by atomic mass is 16.8.